The standard InChI is InChI=1S/C70H136O17P2/c1-9-63(8)49-41-33-24-18-13-14-20-26-36-44-52-69(74)87-66(57-81-68(73)51-43-35-29-28-32-40-48-62(6)7)59-85-89(78,79)83-55-64(71)54-82-88(76,77)84-58-65(86-70(75)53-45-37-27-21-15-17-23-31-39-47-61(4)5)56-80-67(72)50-42-34-25-19-12-10-11-16-22-30-38-46-60(2)3/h60-66,71H,9-59H2,1-8H3,(H,76,77)(H,78,79)/t63?,64-,65-,66-/m1/s1. The molecule has 0 aliphatic carbocycles. The number of hydrogen-bond donors (Lipinski definition) is 3. The van der Waals surface area contributed by atoms with E-state index >= 15 is 0 Å². The Labute approximate surface area is 543 Å². The van der Waals surface area contributed by atoms with Crippen molar-refractivity contribution in [3.8, 4) is 0 Å². The molecule has 0 saturated carbocycles. The maximum Gasteiger partial charge on any atom is 0.472 e. The molecule has 0 aromatic rings. The fourth-order valence-corrected chi connectivity index (χ4v) is 12.0. The van der Waals surface area contributed by atoms with Crippen molar-refractivity contribution < 1.29 is 80.2 Å². The number of rotatable bonds is 67. The average Bonchev–Trinajstić information content (AvgIpc) is 3.69. The number of esters is 4. The number of aliphatic hydroxyl groups excluding tert-OH is 1. The van der Waals surface area contributed by atoms with Crippen LogP contribution >= 0.6 is 15.6 Å². The second-order valence-electron chi connectivity index (χ2n) is 26.9. The number of phosphoric ester groups is 2. The molecule has 0 spiro atoms. The monoisotopic (exact) mass is 1310 g/mol. The number of phosphoric acid groups is 2. The predicted molar refractivity (Wildman–Crippen MR) is 358 cm³/mol. The van der Waals surface area contributed by atoms with E-state index < -0.39 is 97.5 Å². The number of carbonyl (C=O) groups excluding carboxylic acids is 4. The highest BCUT2D eigenvalue weighted by atomic mass is 31.2. The Bertz CT molecular complexity index is 1770. The fourth-order valence-electron chi connectivity index (χ4n) is 10.5. The van der Waals surface area contributed by atoms with Crippen LogP contribution in [0.3, 0.4) is 0 Å². The number of ether oxygens (including phenoxy) is 4. The van der Waals surface area contributed by atoms with Crippen LogP contribution < -0.4 is 0 Å². The molecule has 528 valence electrons. The van der Waals surface area contributed by atoms with Crippen LogP contribution in [-0.2, 0) is 65.4 Å². The van der Waals surface area contributed by atoms with Crippen LogP contribution in [0.15, 0.2) is 0 Å². The van der Waals surface area contributed by atoms with Crippen LogP contribution in [0.25, 0.3) is 0 Å². The molecular formula is C70H136O17P2. The second kappa shape index (κ2) is 59.8. The Morgan fingerprint density at radius 1 is 0.315 bits per heavy atom. The minimum atomic E-state index is -4.95. The van der Waals surface area contributed by atoms with E-state index in [1.54, 1.807) is 0 Å². The van der Waals surface area contributed by atoms with Crippen molar-refractivity contribution in [1.29, 1.82) is 0 Å². The Balaban J connectivity index is 5.25. The minimum absolute atomic E-state index is 0.105. The van der Waals surface area contributed by atoms with Crippen molar-refractivity contribution in [3.05, 3.63) is 0 Å². The first-order valence-electron chi connectivity index (χ1n) is 36.2. The van der Waals surface area contributed by atoms with Gasteiger partial charge in [-0.1, -0.05) is 293 Å². The molecule has 0 aliphatic rings. The van der Waals surface area contributed by atoms with Gasteiger partial charge in [-0.05, 0) is 49.4 Å². The third-order valence-corrected chi connectivity index (χ3v) is 18.3. The summed E-state index contributed by atoms with van der Waals surface area (Å²) in [6, 6.07) is 0. The van der Waals surface area contributed by atoms with E-state index in [0.29, 0.717) is 31.6 Å². The van der Waals surface area contributed by atoms with Gasteiger partial charge in [-0.25, -0.2) is 9.13 Å². The summed E-state index contributed by atoms with van der Waals surface area (Å²) in [6.45, 7) is 14.1. The van der Waals surface area contributed by atoms with E-state index in [2.05, 4.69) is 55.4 Å². The van der Waals surface area contributed by atoms with Crippen molar-refractivity contribution >= 4 is 39.5 Å². The van der Waals surface area contributed by atoms with Gasteiger partial charge in [0.2, 0.25) is 0 Å². The summed E-state index contributed by atoms with van der Waals surface area (Å²) in [5.41, 5.74) is 0. The van der Waals surface area contributed by atoms with Crippen LogP contribution in [0.5, 0.6) is 0 Å². The lowest BCUT2D eigenvalue weighted by molar-refractivity contribution is -0.161. The lowest BCUT2D eigenvalue weighted by Gasteiger charge is -2.21. The molecule has 6 atom stereocenters. The molecule has 19 heteroatoms. The zero-order valence-electron chi connectivity index (χ0n) is 58.1. The molecule has 0 bridgehead atoms. The van der Waals surface area contributed by atoms with Gasteiger partial charge < -0.3 is 33.8 Å². The highest BCUT2D eigenvalue weighted by molar-refractivity contribution is 7.47. The van der Waals surface area contributed by atoms with Crippen molar-refractivity contribution in [1.82, 2.24) is 0 Å². The molecule has 0 aromatic carbocycles. The first-order valence-corrected chi connectivity index (χ1v) is 39.2. The molecule has 0 aromatic heterocycles. The van der Waals surface area contributed by atoms with Gasteiger partial charge in [-0.2, -0.15) is 0 Å². The van der Waals surface area contributed by atoms with Crippen molar-refractivity contribution in [2.45, 2.75) is 363 Å². The minimum Gasteiger partial charge on any atom is -0.462 e. The summed E-state index contributed by atoms with van der Waals surface area (Å²) in [7, 11) is -9.90. The average molecular weight is 1310 g/mol. The van der Waals surface area contributed by atoms with E-state index in [-0.39, 0.29) is 25.7 Å². The fraction of sp³-hybridized carbons (Fsp3) is 0.943. The Hall–Kier alpha value is -1.94. The van der Waals surface area contributed by atoms with Gasteiger partial charge in [0, 0.05) is 25.7 Å². The largest absolute Gasteiger partial charge is 0.472 e. The molecule has 0 heterocycles. The number of hydrogen-bond acceptors (Lipinski definition) is 15. The van der Waals surface area contributed by atoms with Gasteiger partial charge >= 0.3 is 39.5 Å². The van der Waals surface area contributed by atoms with Crippen LogP contribution in [-0.4, -0.2) is 96.7 Å². The topological polar surface area (TPSA) is 237 Å². The molecule has 3 unspecified atom stereocenters. The summed E-state index contributed by atoms with van der Waals surface area (Å²) >= 11 is 0. The Kier molecular flexibility index (Phi) is 58.5. The van der Waals surface area contributed by atoms with Gasteiger partial charge in [-0.15, -0.1) is 0 Å². The molecule has 0 amide bonds. The van der Waals surface area contributed by atoms with Gasteiger partial charge in [0.05, 0.1) is 26.4 Å². The normalized spacial score (nSPS) is 14.6. The predicted octanol–water partition coefficient (Wildman–Crippen LogP) is 19.7. The van der Waals surface area contributed by atoms with Gasteiger partial charge in [0.15, 0.2) is 12.2 Å². The first-order chi connectivity index (χ1) is 42.6. The molecular weight excluding hydrogens is 1170 g/mol. The van der Waals surface area contributed by atoms with Gasteiger partial charge in [0.25, 0.3) is 0 Å². The maximum atomic E-state index is 13.0. The van der Waals surface area contributed by atoms with Crippen LogP contribution in [0.4, 0.5) is 0 Å². The van der Waals surface area contributed by atoms with Crippen molar-refractivity contribution in [2.75, 3.05) is 39.6 Å². The number of unbranched alkanes of at least 4 members (excludes halogenated alkanes) is 32. The first kappa shape index (κ1) is 87.1. The van der Waals surface area contributed by atoms with Crippen LogP contribution in [0, 0.1) is 23.7 Å². The molecule has 0 saturated heterocycles. The molecule has 0 radical (unpaired) electrons. The summed E-state index contributed by atoms with van der Waals surface area (Å²) in [5, 5.41) is 10.6. The van der Waals surface area contributed by atoms with Crippen LogP contribution in [0.1, 0.15) is 344 Å². The molecule has 0 rings (SSSR count). The van der Waals surface area contributed by atoms with Gasteiger partial charge in [-0.3, -0.25) is 37.3 Å². The summed E-state index contributed by atoms with van der Waals surface area (Å²) < 4.78 is 68.3. The maximum absolute atomic E-state index is 13.0. The lowest BCUT2D eigenvalue weighted by Crippen LogP contribution is -2.30. The zero-order chi connectivity index (χ0) is 66.1. The van der Waals surface area contributed by atoms with E-state index in [4.69, 9.17) is 37.0 Å². The molecule has 3 N–H and O–H groups in total. The molecule has 17 nitrogen and oxygen atoms in total. The van der Waals surface area contributed by atoms with Crippen LogP contribution in [0.2, 0.25) is 0 Å². The molecule has 89 heavy (non-hydrogen) atoms. The van der Waals surface area contributed by atoms with Gasteiger partial charge in [0.1, 0.15) is 19.3 Å². The number of carbonyl (C=O) groups is 4. The third kappa shape index (κ3) is 63.2. The highest BCUT2D eigenvalue weighted by Gasteiger charge is 2.30. The second-order valence-corrected chi connectivity index (χ2v) is 29.8. The van der Waals surface area contributed by atoms with E-state index in [1.165, 1.54) is 141 Å². The summed E-state index contributed by atoms with van der Waals surface area (Å²) in [4.78, 5) is 72.5. The smallest absolute Gasteiger partial charge is 0.462 e. The summed E-state index contributed by atoms with van der Waals surface area (Å²) in [5.74, 6) is 0.859. The SMILES string of the molecule is CCC(C)CCCCCCCCCCCCC(=O)O[C@H](COC(=O)CCCCCCCCC(C)C)COP(=O)(O)OC[C@H](O)COP(=O)(O)OC[C@@H](COC(=O)CCCCCCCCCCCCCC(C)C)OC(=O)CCCCCCCCCCCC(C)C. The Morgan fingerprint density at radius 2 is 0.539 bits per heavy atom. The quantitative estimate of drug-likeness (QED) is 0.0222. The molecule has 0 fully saturated rings. The molecule has 0 aliphatic heterocycles. The van der Waals surface area contributed by atoms with Crippen molar-refractivity contribution in [2.24, 2.45) is 23.7 Å². The number of aliphatic hydroxyl groups is 1. The zero-order valence-corrected chi connectivity index (χ0v) is 59.8. The van der Waals surface area contributed by atoms with E-state index in [9.17, 15) is 43.2 Å². The third-order valence-electron chi connectivity index (χ3n) is 16.4. The summed E-state index contributed by atoms with van der Waals surface area (Å²) in [6.07, 6.45) is 41.7. The van der Waals surface area contributed by atoms with E-state index in [0.717, 1.165) is 114 Å². The lowest BCUT2D eigenvalue weighted by atomic mass is 9.99. The van der Waals surface area contributed by atoms with E-state index in [1.807, 2.05) is 0 Å². The highest BCUT2D eigenvalue weighted by Crippen LogP contribution is 2.45. The van der Waals surface area contributed by atoms with Crippen molar-refractivity contribution in [3.63, 3.8) is 0 Å². The Morgan fingerprint density at radius 3 is 0.798 bits per heavy atom.